The predicted octanol–water partition coefficient (Wildman–Crippen LogP) is 1.64. The fourth-order valence-corrected chi connectivity index (χ4v) is 3.57. The molecule has 0 spiro atoms. The number of aromatic hydroxyl groups is 1. The van der Waals surface area contributed by atoms with E-state index in [1.807, 2.05) is 10.8 Å². The van der Waals surface area contributed by atoms with E-state index >= 15 is 0 Å². The molecule has 2 N–H and O–H groups in total. The maximum Gasteiger partial charge on any atom is 0.291 e. The van der Waals surface area contributed by atoms with Crippen LogP contribution in [0.25, 0.3) is 0 Å². The van der Waals surface area contributed by atoms with Crippen LogP contribution in [0.1, 0.15) is 29.8 Å². The molecular formula is C19H19N5O3. The first kappa shape index (κ1) is 17.0. The van der Waals surface area contributed by atoms with Crippen molar-refractivity contribution in [3.05, 3.63) is 66.8 Å². The number of benzene rings is 1. The highest BCUT2D eigenvalue weighted by Crippen LogP contribution is 2.41. The molecule has 3 heterocycles. The Morgan fingerprint density at radius 2 is 1.93 bits per heavy atom. The second-order valence-corrected chi connectivity index (χ2v) is 6.51. The summed E-state index contributed by atoms with van der Waals surface area (Å²) in [5.41, 5.74) is 0.685. The highest BCUT2D eigenvalue weighted by molar-refractivity contribution is 6.40. The Labute approximate surface area is 155 Å². The zero-order chi connectivity index (χ0) is 18.8. The number of nitrogens with zero attached hydrogens (tertiary/aromatic N) is 4. The van der Waals surface area contributed by atoms with Crippen LogP contribution in [0.3, 0.4) is 0 Å². The third-order valence-corrected chi connectivity index (χ3v) is 4.83. The summed E-state index contributed by atoms with van der Waals surface area (Å²) in [5, 5.41) is 9.54. The highest BCUT2D eigenvalue weighted by Gasteiger charge is 2.49. The van der Waals surface area contributed by atoms with E-state index in [-0.39, 0.29) is 5.75 Å². The molecule has 3 aromatic rings. The molecule has 1 aliphatic rings. The number of carbonyl (C=O) groups excluding carboxylic acids is 2. The smallest absolute Gasteiger partial charge is 0.291 e. The second-order valence-electron chi connectivity index (χ2n) is 6.51. The minimum Gasteiger partial charge on any atom is -0.508 e. The number of nitrogens with one attached hydrogen (secondary N) is 1. The van der Waals surface area contributed by atoms with E-state index < -0.39 is 23.7 Å². The summed E-state index contributed by atoms with van der Waals surface area (Å²) in [6.45, 7) is 1.13. The molecule has 27 heavy (non-hydrogen) atoms. The largest absolute Gasteiger partial charge is 0.508 e. The Kier molecular flexibility index (Phi) is 4.45. The van der Waals surface area contributed by atoms with Crippen molar-refractivity contribution < 1.29 is 14.7 Å². The van der Waals surface area contributed by atoms with Gasteiger partial charge in [0.15, 0.2) is 0 Å². The minimum atomic E-state index is -0.655. The molecule has 0 bridgehead atoms. The summed E-state index contributed by atoms with van der Waals surface area (Å²) in [6, 6.07) is 5.90. The third kappa shape index (κ3) is 3.21. The van der Waals surface area contributed by atoms with Crippen molar-refractivity contribution in [2.75, 3.05) is 6.54 Å². The maximum absolute atomic E-state index is 12.8. The number of aromatic nitrogens is 4. The Morgan fingerprint density at radius 3 is 2.59 bits per heavy atom. The Balaban J connectivity index is 1.62. The summed E-state index contributed by atoms with van der Waals surface area (Å²) >= 11 is 0. The molecule has 4 rings (SSSR count). The topological polar surface area (TPSA) is 104 Å². The van der Waals surface area contributed by atoms with Crippen LogP contribution >= 0.6 is 0 Å². The van der Waals surface area contributed by atoms with E-state index in [9.17, 15) is 14.7 Å². The number of hydrogen-bond acceptors (Lipinski definition) is 5. The van der Waals surface area contributed by atoms with Crippen LogP contribution in [-0.2, 0) is 16.1 Å². The average molecular weight is 365 g/mol. The lowest BCUT2D eigenvalue weighted by Gasteiger charge is -2.26. The summed E-state index contributed by atoms with van der Waals surface area (Å²) in [7, 11) is 0. The van der Waals surface area contributed by atoms with Gasteiger partial charge < -0.3 is 19.6 Å². The van der Waals surface area contributed by atoms with Crippen molar-refractivity contribution in [3.8, 4) is 5.75 Å². The molecule has 0 aliphatic carbocycles. The second kappa shape index (κ2) is 7.06. The molecule has 2 aromatic heterocycles. The number of rotatable bonds is 6. The molecule has 8 nitrogen and oxygen atoms in total. The van der Waals surface area contributed by atoms with Gasteiger partial charge in [-0.2, -0.15) is 0 Å². The fraction of sp³-hybridized carbons (Fsp3) is 0.263. The molecule has 1 aliphatic heterocycles. The van der Waals surface area contributed by atoms with Gasteiger partial charge in [-0.1, -0.05) is 12.1 Å². The van der Waals surface area contributed by atoms with Crippen LogP contribution in [0.5, 0.6) is 5.75 Å². The number of ketones is 1. The number of imidazole rings is 2. The van der Waals surface area contributed by atoms with Crippen molar-refractivity contribution >= 4 is 11.7 Å². The number of hydrogen-bond donors (Lipinski definition) is 2. The van der Waals surface area contributed by atoms with Crippen molar-refractivity contribution in [2.45, 2.75) is 24.9 Å². The zero-order valence-electron chi connectivity index (χ0n) is 14.5. The number of H-pyrrole nitrogens is 1. The van der Waals surface area contributed by atoms with Gasteiger partial charge in [0.2, 0.25) is 5.78 Å². The van der Waals surface area contributed by atoms with E-state index in [0.29, 0.717) is 30.9 Å². The van der Waals surface area contributed by atoms with Crippen LogP contribution in [-0.4, -0.2) is 47.8 Å². The average Bonchev–Trinajstić information content (AvgIpc) is 3.41. The Morgan fingerprint density at radius 1 is 1.11 bits per heavy atom. The summed E-state index contributed by atoms with van der Waals surface area (Å²) < 4.78 is 1.93. The van der Waals surface area contributed by atoms with Gasteiger partial charge in [0.1, 0.15) is 17.6 Å². The number of aryl methyl sites for hydroxylation is 1. The first-order valence-corrected chi connectivity index (χ1v) is 8.74. The number of amides is 1. The first-order valence-electron chi connectivity index (χ1n) is 8.74. The normalized spacial score (nSPS) is 19.8. The molecule has 1 fully saturated rings. The Bertz CT molecular complexity index is 919. The molecule has 0 saturated carbocycles. The van der Waals surface area contributed by atoms with E-state index in [1.54, 1.807) is 42.0 Å². The van der Waals surface area contributed by atoms with Crippen molar-refractivity contribution in [1.82, 2.24) is 24.4 Å². The number of Topliss-reactive ketones (excluding diaryl/α,β-unsaturated/α-hetero) is 1. The van der Waals surface area contributed by atoms with Gasteiger partial charge in [-0.3, -0.25) is 9.59 Å². The van der Waals surface area contributed by atoms with Crippen LogP contribution in [0.4, 0.5) is 0 Å². The number of carbonyl (C=O) groups is 2. The van der Waals surface area contributed by atoms with Gasteiger partial charge in [0.25, 0.3) is 5.91 Å². The lowest BCUT2D eigenvalue weighted by molar-refractivity contribution is -0.140. The van der Waals surface area contributed by atoms with Crippen molar-refractivity contribution in [2.24, 2.45) is 0 Å². The van der Waals surface area contributed by atoms with Gasteiger partial charge in [-0.05, 0) is 24.1 Å². The monoisotopic (exact) mass is 365 g/mol. The Hall–Kier alpha value is -3.42. The molecule has 138 valence electrons. The summed E-state index contributed by atoms with van der Waals surface area (Å²) in [4.78, 5) is 38.5. The minimum absolute atomic E-state index is 0.113. The SMILES string of the molecule is O=C1C(=O)N(CCCn2ccnc2)C(c2ncc[nH]2)C1c1ccc(O)cc1. The molecular weight excluding hydrogens is 346 g/mol. The summed E-state index contributed by atoms with van der Waals surface area (Å²) in [6.07, 6.45) is 9.27. The molecule has 2 unspecified atom stereocenters. The molecule has 1 aromatic carbocycles. The van der Waals surface area contributed by atoms with Crippen LogP contribution in [0.2, 0.25) is 0 Å². The predicted molar refractivity (Wildman–Crippen MR) is 95.7 cm³/mol. The molecule has 1 saturated heterocycles. The number of phenolic OH excluding ortho intramolecular Hbond substituents is 1. The maximum atomic E-state index is 12.8. The lowest BCUT2D eigenvalue weighted by atomic mass is 9.90. The number of phenols is 1. The van der Waals surface area contributed by atoms with Crippen LogP contribution in [0, 0.1) is 0 Å². The third-order valence-electron chi connectivity index (χ3n) is 4.83. The van der Waals surface area contributed by atoms with Gasteiger partial charge in [0, 0.05) is 37.9 Å². The molecule has 8 heteroatoms. The fourth-order valence-electron chi connectivity index (χ4n) is 3.57. The van der Waals surface area contributed by atoms with Crippen molar-refractivity contribution in [1.29, 1.82) is 0 Å². The van der Waals surface area contributed by atoms with E-state index in [2.05, 4.69) is 15.0 Å². The first-order chi connectivity index (χ1) is 13.1. The van der Waals surface area contributed by atoms with Gasteiger partial charge in [0.05, 0.1) is 12.2 Å². The lowest BCUT2D eigenvalue weighted by Crippen LogP contribution is -2.31. The van der Waals surface area contributed by atoms with Gasteiger partial charge in [-0.15, -0.1) is 0 Å². The standard InChI is InChI=1S/C19H19N5O3/c25-14-4-2-13(3-5-14)15-16(18-21-6-7-22-18)24(19(27)17(15)26)10-1-9-23-11-8-20-12-23/h2-8,11-12,15-16,25H,1,9-10H2,(H,21,22). The number of aromatic amines is 1. The molecule has 2 atom stereocenters. The van der Waals surface area contributed by atoms with E-state index in [1.165, 1.54) is 12.1 Å². The number of likely N-dealkylation sites (tertiary alicyclic amines) is 1. The zero-order valence-corrected chi connectivity index (χ0v) is 14.5. The van der Waals surface area contributed by atoms with Crippen LogP contribution < -0.4 is 0 Å². The van der Waals surface area contributed by atoms with Crippen molar-refractivity contribution in [3.63, 3.8) is 0 Å². The van der Waals surface area contributed by atoms with E-state index in [4.69, 9.17) is 0 Å². The van der Waals surface area contributed by atoms with Crippen LogP contribution in [0.15, 0.2) is 55.4 Å². The van der Waals surface area contributed by atoms with Gasteiger partial charge in [-0.25, -0.2) is 9.97 Å². The summed E-state index contributed by atoms with van der Waals surface area (Å²) in [5.74, 6) is -0.917. The quantitative estimate of drug-likeness (QED) is 0.646. The van der Waals surface area contributed by atoms with Gasteiger partial charge >= 0.3 is 0 Å². The van der Waals surface area contributed by atoms with E-state index in [0.717, 1.165) is 0 Å². The molecule has 1 amide bonds. The highest BCUT2D eigenvalue weighted by atomic mass is 16.3. The molecule has 0 radical (unpaired) electrons.